The minimum Gasteiger partial charge on any atom is -0.381 e. The SMILES string of the molecule is CCn1nc(C)cc1CNCC1CCOC1. The molecule has 2 heterocycles. The van der Waals surface area contributed by atoms with Gasteiger partial charge in [-0.3, -0.25) is 4.68 Å². The van der Waals surface area contributed by atoms with Gasteiger partial charge in [-0.15, -0.1) is 0 Å². The second-order valence-electron chi connectivity index (χ2n) is 4.45. The van der Waals surface area contributed by atoms with Gasteiger partial charge in [-0.1, -0.05) is 0 Å². The fraction of sp³-hybridized carbons (Fsp3) is 0.750. The lowest BCUT2D eigenvalue weighted by atomic mass is 10.1. The van der Waals surface area contributed by atoms with E-state index in [2.05, 4.69) is 28.1 Å². The van der Waals surface area contributed by atoms with Crippen LogP contribution in [0.5, 0.6) is 0 Å². The lowest BCUT2D eigenvalue weighted by molar-refractivity contribution is 0.185. The summed E-state index contributed by atoms with van der Waals surface area (Å²) in [5.74, 6) is 0.694. The number of nitrogens with zero attached hydrogens (tertiary/aromatic N) is 2. The van der Waals surface area contributed by atoms with E-state index in [4.69, 9.17) is 4.74 Å². The molecule has 1 aromatic heterocycles. The second-order valence-corrected chi connectivity index (χ2v) is 4.45. The highest BCUT2D eigenvalue weighted by Gasteiger charge is 2.15. The predicted octanol–water partition coefficient (Wildman–Crippen LogP) is 1.34. The Bertz CT molecular complexity index is 329. The van der Waals surface area contributed by atoms with Crippen molar-refractivity contribution < 1.29 is 4.74 Å². The zero-order valence-corrected chi connectivity index (χ0v) is 10.2. The van der Waals surface area contributed by atoms with E-state index in [1.165, 1.54) is 12.1 Å². The van der Waals surface area contributed by atoms with Gasteiger partial charge >= 0.3 is 0 Å². The normalized spacial score (nSPS) is 20.5. The van der Waals surface area contributed by atoms with Gasteiger partial charge in [0.25, 0.3) is 0 Å². The van der Waals surface area contributed by atoms with Crippen molar-refractivity contribution in [3.8, 4) is 0 Å². The number of aryl methyl sites for hydroxylation is 2. The maximum absolute atomic E-state index is 5.35. The molecule has 4 heteroatoms. The first-order valence-electron chi connectivity index (χ1n) is 6.11. The van der Waals surface area contributed by atoms with Crippen LogP contribution in [0, 0.1) is 12.8 Å². The summed E-state index contributed by atoms with van der Waals surface area (Å²) in [4.78, 5) is 0. The van der Waals surface area contributed by atoms with Crippen LogP contribution in [0.15, 0.2) is 6.07 Å². The highest BCUT2D eigenvalue weighted by molar-refractivity contribution is 5.08. The van der Waals surface area contributed by atoms with Gasteiger partial charge in [-0.2, -0.15) is 5.10 Å². The Morgan fingerprint density at radius 2 is 2.50 bits per heavy atom. The molecule has 1 aliphatic heterocycles. The van der Waals surface area contributed by atoms with Crippen molar-refractivity contribution in [2.45, 2.75) is 33.4 Å². The molecule has 0 saturated carbocycles. The van der Waals surface area contributed by atoms with Gasteiger partial charge in [0.15, 0.2) is 0 Å². The van der Waals surface area contributed by atoms with Gasteiger partial charge in [-0.25, -0.2) is 0 Å². The molecule has 4 nitrogen and oxygen atoms in total. The molecule has 0 radical (unpaired) electrons. The summed E-state index contributed by atoms with van der Waals surface area (Å²) >= 11 is 0. The van der Waals surface area contributed by atoms with Crippen LogP contribution in [0.25, 0.3) is 0 Å². The van der Waals surface area contributed by atoms with Crippen molar-refractivity contribution in [1.29, 1.82) is 0 Å². The fourth-order valence-corrected chi connectivity index (χ4v) is 2.16. The van der Waals surface area contributed by atoms with Crippen molar-refractivity contribution in [2.75, 3.05) is 19.8 Å². The molecule has 0 aliphatic carbocycles. The van der Waals surface area contributed by atoms with Crippen LogP contribution >= 0.6 is 0 Å². The Hall–Kier alpha value is -0.870. The molecule has 1 aliphatic rings. The van der Waals surface area contributed by atoms with E-state index < -0.39 is 0 Å². The van der Waals surface area contributed by atoms with E-state index in [1.54, 1.807) is 0 Å². The molecule has 0 bridgehead atoms. The van der Waals surface area contributed by atoms with E-state index in [0.29, 0.717) is 5.92 Å². The van der Waals surface area contributed by atoms with Crippen molar-refractivity contribution >= 4 is 0 Å². The van der Waals surface area contributed by atoms with Crippen LogP contribution in [-0.4, -0.2) is 29.5 Å². The monoisotopic (exact) mass is 223 g/mol. The summed E-state index contributed by atoms with van der Waals surface area (Å²) < 4.78 is 7.41. The molecule has 1 saturated heterocycles. The molecule has 1 unspecified atom stereocenters. The lowest BCUT2D eigenvalue weighted by Crippen LogP contribution is -2.24. The standard InChI is InChI=1S/C12H21N3O/c1-3-15-12(6-10(2)14-15)8-13-7-11-4-5-16-9-11/h6,11,13H,3-5,7-9H2,1-2H3. The Morgan fingerprint density at radius 1 is 1.62 bits per heavy atom. The summed E-state index contributed by atoms with van der Waals surface area (Å²) in [6, 6.07) is 2.15. The molecule has 1 N–H and O–H groups in total. The fourth-order valence-electron chi connectivity index (χ4n) is 2.16. The van der Waals surface area contributed by atoms with Crippen LogP contribution in [-0.2, 0) is 17.8 Å². The van der Waals surface area contributed by atoms with Crippen LogP contribution in [0.3, 0.4) is 0 Å². The van der Waals surface area contributed by atoms with Gasteiger partial charge in [0.1, 0.15) is 0 Å². The highest BCUT2D eigenvalue weighted by atomic mass is 16.5. The predicted molar refractivity (Wildman–Crippen MR) is 63.3 cm³/mol. The van der Waals surface area contributed by atoms with Crippen LogP contribution in [0.1, 0.15) is 24.7 Å². The molecule has 1 aromatic rings. The smallest absolute Gasteiger partial charge is 0.0597 e. The van der Waals surface area contributed by atoms with Crippen molar-refractivity contribution in [1.82, 2.24) is 15.1 Å². The molecule has 1 fully saturated rings. The van der Waals surface area contributed by atoms with E-state index >= 15 is 0 Å². The van der Waals surface area contributed by atoms with Gasteiger partial charge < -0.3 is 10.1 Å². The van der Waals surface area contributed by atoms with Gasteiger partial charge in [0, 0.05) is 26.2 Å². The van der Waals surface area contributed by atoms with Crippen LogP contribution in [0.2, 0.25) is 0 Å². The number of nitrogens with one attached hydrogen (secondary N) is 1. The minimum atomic E-state index is 0.694. The first-order valence-corrected chi connectivity index (χ1v) is 6.11. The molecule has 0 amide bonds. The van der Waals surface area contributed by atoms with E-state index in [1.807, 2.05) is 6.92 Å². The Kier molecular flexibility index (Phi) is 3.96. The Balaban J connectivity index is 1.79. The summed E-state index contributed by atoms with van der Waals surface area (Å²) in [5.41, 5.74) is 2.38. The number of rotatable bonds is 5. The molecular weight excluding hydrogens is 202 g/mol. The van der Waals surface area contributed by atoms with Crippen molar-refractivity contribution in [2.24, 2.45) is 5.92 Å². The zero-order chi connectivity index (χ0) is 11.4. The summed E-state index contributed by atoms with van der Waals surface area (Å²) in [6.45, 7) is 8.91. The van der Waals surface area contributed by atoms with E-state index in [0.717, 1.165) is 38.5 Å². The molecule has 0 spiro atoms. The summed E-state index contributed by atoms with van der Waals surface area (Å²) in [6.07, 6.45) is 1.19. The minimum absolute atomic E-state index is 0.694. The van der Waals surface area contributed by atoms with Gasteiger partial charge in [-0.05, 0) is 32.3 Å². The highest BCUT2D eigenvalue weighted by Crippen LogP contribution is 2.11. The molecule has 2 rings (SSSR count). The van der Waals surface area contributed by atoms with Crippen molar-refractivity contribution in [3.05, 3.63) is 17.5 Å². The number of hydrogen-bond acceptors (Lipinski definition) is 3. The Labute approximate surface area is 97.0 Å². The third-order valence-corrected chi connectivity index (χ3v) is 3.05. The van der Waals surface area contributed by atoms with Crippen molar-refractivity contribution in [3.63, 3.8) is 0 Å². The van der Waals surface area contributed by atoms with E-state index in [-0.39, 0.29) is 0 Å². The Morgan fingerprint density at radius 3 is 3.19 bits per heavy atom. The second kappa shape index (κ2) is 5.46. The maximum atomic E-state index is 5.35. The first-order chi connectivity index (χ1) is 7.79. The quantitative estimate of drug-likeness (QED) is 0.818. The molecule has 90 valence electrons. The average molecular weight is 223 g/mol. The third kappa shape index (κ3) is 2.83. The van der Waals surface area contributed by atoms with Crippen LogP contribution < -0.4 is 5.32 Å². The molecule has 0 aromatic carbocycles. The first kappa shape index (κ1) is 11.6. The largest absolute Gasteiger partial charge is 0.381 e. The number of ether oxygens (including phenoxy) is 1. The molecule has 1 atom stereocenters. The third-order valence-electron chi connectivity index (χ3n) is 3.05. The van der Waals surface area contributed by atoms with Gasteiger partial charge in [0.05, 0.1) is 18.0 Å². The molecular formula is C12H21N3O. The topological polar surface area (TPSA) is 39.1 Å². The molecule has 16 heavy (non-hydrogen) atoms. The summed E-state index contributed by atoms with van der Waals surface area (Å²) in [7, 11) is 0. The maximum Gasteiger partial charge on any atom is 0.0597 e. The summed E-state index contributed by atoms with van der Waals surface area (Å²) in [5, 5.41) is 7.92. The average Bonchev–Trinajstić information content (AvgIpc) is 2.88. The lowest BCUT2D eigenvalue weighted by Gasteiger charge is -2.10. The zero-order valence-electron chi connectivity index (χ0n) is 10.2. The number of aromatic nitrogens is 2. The number of hydrogen-bond donors (Lipinski definition) is 1. The van der Waals surface area contributed by atoms with E-state index in [9.17, 15) is 0 Å². The van der Waals surface area contributed by atoms with Gasteiger partial charge in [0.2, 0.25) is 0 Å². The van der Waals surface area contributed by atoms with Crippen LogP contribution in [0.4, 0.5) is 0 Å².